The van der Waals surface area contributed by atoms with E-state index in [9.17, 15) is 0 Å². The molecule has 0 saturated carbocycles. The van der Waals surface area contributed by atoms with E-state index in [0.717, 1.165) is 13.1 Å². The Hall–Kier alpha value is -0.0951. The highest BCUT2D eigenvalue weighted by Crippen LogP contribution is 2.40. The Kier molecular flexibility index (Phi) is 2.60. The zero-order valence-electron chi connectivity index (χ0n) is 11.3. The number of rotatable bonds is 1. The van der Waals surface area contributed by atoms with E-state index in [1.807, 2.05) is 0 Å². The second kappa shape index (κ2) is 3.70. The number of hydrogen-bond donors (Lipinski definition) is 1. The monoisotopic (exact) mass is 238 g/mol. The van der Waals surface area contributed by atoms with Gasteiger partial charge in [-0.15, -0.1) is 0 Å². The van der Waals surface area contributed by atoms with Crippen LogP contribution >= 0.6 is 0 Å². The third-order valence-electron chi connectivity index (χ3n) is 4.92. The molecular weight excluding hydrogens is 215 g/mol. The van der Waals surface area contributed by atoms with Crippen LogP contribution in [0.3, 0.4) is 0 Å². The van der Waals surface area contributed by atoms with Crippen LogP contribution < -0.4 is 5.32 Å². The van der Waals surface area contributed by atoms with Gasteiger partial charge in [0, 0.05) is 25.2 Å². The number of nitrogens with one attached hydrogen (secondary N) is 1. The lowest BCUT2D eigenvalue weighted by Crippen LogP contribution is -2.58. The molecule has 2 bridgehead atoms. The molecule has 3 rings (SSSR count). The molecule has 0 aromatic rings. The Morgan fingerprint density at radius 3 is 1.94 bits per heavy atom. The Bertz CT molecular complexity index is 290. The number of piperazine rings is 1. The smallest absolute Gasteiger partial charge is 0.389 e. The first-order chi connectivity index (χ1) is 7.91. The summed E-state index contributed by atoms with van der Waals surface area (Å²) >= 11 is 0. The SMILES string of the molecule is CC1(C)OB(N2[C@@H]3CC[C@H]2CNC3)OC1(C)C. The van der Waals surface area contributed by atoms with Gasteiger partial charge in [0.25, 0.3) is 0 Å². The van der Waals surface area contributed by atoms with Gasteiger partial charge < -0.3 is 14.6 Å². The summed E-state index contributed by atoms with van der Waals surface area (Å²) in [6.45, 7) is 10.6. The summed E-state index contributed by atoms with van der Waals surface area (Å²) in [4.78, 5) is 2.45. The molecular formula is C12H23BN2O2. The Balaban J connectivity index is 1.79. The Morgan fingerprint density at radius 1 is 1.00 bits per heavy atom. The molecule has 1 N–H and O–H groups in total. The molecule has 0 aliphatic carbocycles. The van der Waals surface area contributed by atoms with Crippen molar-refractivity contribution in [3.8, 4) is 0 Å². The van der Waals surface area contributed by atoms with Crippen LogP contribution in [0.4, 0.5) is 0 Å². The van der Waals surface area contributed by atoms with Crippen LogP contribution in [-0.4, -0.2) is 48.4 Å². The van der Waals surface area contributed by atoms with Crippen LogP contribution in [0.1, 0.15) is 40.5 Å². The fraction of sp³-hybridized carbons (Fsp3) is 1.00. The van der Waals surface area contributed by atoms with Crippen molar-refractivity contribution < 1.29 is 9.31 Å². The first-order valence-electron chi connectivity index (χ1n) is 6.74. The predicted octanol–water partition coefficient (Wildman–Crippen LogP) is 1.01. The van der Waals surface area contributed by atoms with Crippen molar-refractivity contribution >= 4 is 7.25 Å². The minimum atomic E-state index is -0.220. The van der Waals surface area contributed by atoms with Gasteiger partial charge >= 0.3 is 7.25 Å². The molecule has 3 aliphatic rings. The van der Waals surface area contributed by atoms with Gasteiger partial charge in [0.05, 0.1) is 11.2 Å². The van der Waals surface area contributed by atoms with E-state index < -0.39 is 0 Å². The van der Waals surface area contributed by atoms with E-state index >= 15 is 0 Å². The van der Waals surface area contributed by atoms with Gasteiger partial charge in [-0.2, -0.15) is 0 Å². The van der Waals surface area contributed by atoms with E-state index in [1.165, 1.54) is 12.8 Å². The first-order valence-corrected chi connectivity index (χ1v) is 6.74. The van der Waals surface area contributed by atoms with Crippen molar-refractivity contribution in [3.63, 3.8) is 0 Å². The highest BCUT2D eigenvalue weighted by atomic mass is 16.7. The molecule has 0 amide bonds. The van der Waals surface area contributed by atoms with Crippen molar-refractivity contribution in [3.05, 3.63) is 0 Å². The van der Waals surface area contributed by atoms with E-state index in [-0.39, 0.29) is 18.5 Å². The third-order valence-corrected chi connectivity index (χ3v) is 4.92. The average Bonchev–Trinajstić information content (AvgIpc) is 2.58. The molecule has 3 saturated heterocycles. The van der Waals surface area contributed by atoms with Crippen molar-refractivity contribution in [1.82, 2.24) is 10.1 Å². The third kappa shape index (κ3) is 1.75. The molecule has 0 spiro atoms. The van der Waals surface area contributed by atoms with Crippen molar-refractivity contribution in [2.45, 2.75) is 63.8 Å². The van der Waals surface area contributed by atoms with E-state index in [0.29, 0.717) is 12.1 Å². The van der Waals surface area contributed by atoms with Gasteiger partial charge in [0.1, 0.15) is 0 Å². The van der Waals surface area contributed by atoms with Crippen LogP contribution in [0, 0.1) is 0 Å². The van der Waals surface area contributed by atoms with Crippen LogP contribution in [0.2, 0.25) is 0 Å². The molecule has 17 heavy (non-hydrogen) atoms. The van der Waals surface area contributed by atoms with Gasteiger partial charge in [-0.1, -0.05) is 0 Å². The second-order valence-electron chi connectivity index (χ2n) is 6.55. The Labute approximate surface area is 104 Å². The summed E-state index contributed by atoms with van der Waals surface area (Å²) in [5.41, 5.74) is -0.441. The van der Waals surface area contributed by atoms with E-state index in [1.54, 1.807) is 0 Å². The fourth-order valence-corrected chi connectivity index (χ4v) is 3.09. The molecule has 0 radical (unpaired) electrons. The first kappa shape index (κ1) is 12.0. The molecule has 96 valence electrons. The highest BCUT2D eigenvalue weighted by Gasteiger charge is 2.57. The molecule has 3 fully saturated rings. The minimum Gasteiger partial charge on any atom is -0.389 e. The molecule has 3 aliphatic heterocycles. The summed E-state index contributed by atoms with van der Waals surface area (Å²) in [5, 5.41) is 3.49. The summed E-state index contributed by atoms with van der Waals surface area (Å²) in [6, 6.07) is 1.17. The average molecular weight is 238 g/mol. The normalized spacial score (nSPS) is 39.9. The molecule has 0 aromatic heterocycles. The van der Waals surface area contributed by atoms with Crippen LogP contribution in [0.25, 0.3) is 0 Å². The van der Waals surface area contributed by atoms with Crippen molar-refractivity contribution in [2.75, 3.05) is 13.1 Å². The fourth-order valence-electron chi connectivity index (χ4n) is 3.09. The standard InChI is InChI=1S/C12H23BN2O2/c1-11(2)12(3,4)17-13(16-11)15-9-5-6-10(15)8-14-7-9/h9-10,14H,5-8H2,1-4H3/t9-,10+. The van der Waals surface area contributed by atoms with Gasteiger partial charge in [-0.05, 0) is 40.5 Å². The Morgan fingerprint density at radius 2 is 1.47 bits per heavy atom. The predicted molar refractivity (Wildman–Crippen MR) is 67.6 cm³/mol. The summed E-state index contributed by atoms with van der Waals surface area (Å²) in [6.07, 6.45) is 2.53. The molecule has 0 unspecified atom stereocenters. The maximum Gasteiger partial charge on any atom is 0.559 e. The van der Waals surface area contributed by atoms with Crippen LogP contribution in [-0.2, 0) is 9.31 Å². The number of fused-ring (bicyclic) bond motifs is 2. The number of hydrogen-bond acceptors (Lipinski definition) is 4. The van der Waals surface area contributed by atoms with Crippen LogP contribution in [0.5, 0.6) is 0 Å². The summed E-state index contributed by atoms with van der Waals surface area (Å²) in [5.74, 6) is 0. The van der Waals surface area contributed by atoms with E-state index in [4.69, 9.17) is 9.31 Å². The van der Waals surface area contributed by atoms with E-state index in [2.05, 4.69) is 37.8 Å². The van der Waals surface area contributed by atoms with Crippen LogP contribution in [0.15, 0.2) is 0 Å². The zero-order chi connectivity index (χ0) is 12.3. The summed E-state index contributed by atoms with van der Waals surface area (Å²) in [7, 11) is -0.153. The molecule has 5 heteroatoms. The van der Waals surface area contributed by atoms with Crippen molar-refractivity contribution in [1.29, 1.82) is 0 Å². The van der Waals surface area contributed by atoms with Crippen molar-refractivity contribution in [2.24, 2.45) is 0 Å². The lowest BCUT2D eigenvalue weighted by atomic mass is 9.90. The minimum absolute atomic E-state index is 0.153. The zero-order valence-corrected chi connectivity index (χ0v) is 11.3. The van der Waals surface area contributed by atoms with Gasteiger partial charge in [0.15, 0.2) is 0 Å². The molecule has 4 nitrogen and oxygen atoms in total. The quantitative estimate of drug-likeness (QED) is 0.691. The van der Waals surface area contributed by atoms with Gasteiger partial charge in [0.2, 0.25) is 0 Å². The highest BCUT2D eigenvalue weighted by molar-refractivity contribution is 6.42. The molecule has 3 heterocycles. The summed E-state index contributed by atoms with van der Waals surface area (Å²) < 4.78 is 12.3. The maximum absolute atomic E-state index is 6.16. The lowest BCUT2D eigenvalue weighted by Gasteiger charge is -2.36. The molecule has 2 atom stereocenters. The topological polar surface area (TPSA) is 33.7 Å². The maximum atomic E-state index is 6.16. The lowest BCUT2D eigenvalue weighted by molar-refractivity contribution is 0.00578. The number of nitrogens with zero attached hydrogens (tertiary/aromatic N) is 1. The largest absolute Gasteiger partial charge is 0.559 e. The molecule has 0 aromatic carbocycles. The van der Waals surface area contributed by atoms with Gasteiger partial charge in [-0.3, -0.25) is 4.81 Å². The second-order valence-corrected chi connectivity index (χ2v) is 6.55. The van der Waals surface area contributed by atoms with Gasteiger partial charge in [-0.25, -0.2) is 0 Å².